The molecule has 0 aliphatic carbocycles. The summed E-state index contributed by atoms with van der Waals surface area (Å²) in [6, 6.07) is 5.34. The first-order valence-electron chi connectivity index (χ1n) is 12.8. The molecule has 1 aromatic rings. The molecule has 0 bridgehead atoms. The first-order chi connectivity index (χ1) is 17.2. The lowest BCUT2D eigenvalue weighted by atomic mass is 10.0. The predicted molar refractivity (Wildman–Crippen MR) is 131 cm³/mol. The lowest BCUT2D eigenvalue weighted by Gasteiger charge is -2.35. The van der Waals surface area contributed by atoms with Gasteiger partial charge in [-0.2, -0.15) is 0 Å². The number of halogens is 2. The topological polar surface area (TPSA) is 82.2 Å². The number of fused-ring (bicyclic) bond motifs is 1. The van der Waals surface area contributed by atoms with Crippen LogP contribution in [0.4, 0.5) is 14.5 Å². The average molecular weight is 507 g/mol. The number of ether oxygens (including phenoxy) is 1. The number of likely N-dealkylation sites (N-methyl/N-ethyl adjacent to an activating group) is 1. The summed E-state index contributed by atoms with van der Waals surface area (Å²) in [5.41, 5.74) is 1.45. The minimum Gasteiger partial charge on any atom is -0.369 e. The van der Waals surface area contributed by atoms with E-state index >= 15 is 0 Å². The van der Waals surface area contributed by atoms with Crippen LogP contribution in [0.1, 0.15) is 37.6 Å². The van der Waals surface area contributed by atoms with Crippen molar-refractivity contribution in [1.29, 1.82) is 0 Å². The zero-order chi connectivity index (χ0) is 26.0. The molecule has 3 aliphatic heterocycles. The van der Waals surface area contributed by atoms with E-state index in [2.05, 4.69) is 22.0 Å². The molecule has 10 heteroatoms. The Morgan fingerprint density at radius 1 is 1.11 bits per heavy atom. The van der Waals surface area contributed by atoms with Crippen LogP contribution in [0.15, 0.2) is 24.3 Å². The Bertz CT molecular complexity index is 950. The Morgan fingerprint density at radius 3 is 2.36 bits per heavy atom. The number of alkyl halides is 2. The molecule has 0 unspecified atom stereocenters. The summed E-state index contributed by atoms with van der Waals surface area (Å²) < 4.78 is 32.5. The monoisotopic (exact) mass is 506 g/mol. The van der Waals surface area contributed by atoms with Crippen LogP contribution in [-0.4, -0.2) is 97.9 Å². The number of Topliss-reactive ketones (excluding diaryl/α,β-unsaturated/α-hetero) is 1. The molecule has 4 rings (SSSR count). The second-order valence-corrected chi connectivity index (χ2v) is 10.3. The molecule has 0 radical (unpaired) electrons. The van der Waals surface area contributed by atoms with Crippen molar-refractivity contribution in [2.24, 2.45) is 11.8 Å². The summed E-state index contributed by atoms with van der Waals surface area (Å²) in [5, 5.41) is 2.80. The van der Waals surface area contributed by atoms with Gasteiger partial charge < -0.3 is 24.8 Å². The van der Waals surface area contributed by atoms with E-state index < -0.39 is 42.3 Å². The number of piperazine rings is 1. The third-order valence-corrected chi connectivity index (χ3v) is 7.46. The Kier molecular flexibility index (Phi) is 8.24. The lowest BCUT2D eigenvalue weighted by molar-refractivity contribution is -0.138. The normalized spacial score (nSPS) is 25.5. The van der Waals surface area contributed by atoms with Crippen molar-refractivity contribution < 1.29 is 27.9 Å². The number of anilines is 1. The molecule has 1 aromatic carbocycles. The van der Waals surface area contributed by atoms with Crippen LogP contribution >= 0.6 is 0 Å². The van der Waals surface area contributed by atoms with Crippen molar-refractivity contribution in [2.45, 2.75) is 51.8 Å². The Morgan fingerprint density at radius 2 is 1.78 bits per heavy atom. The quantitative estimate of drug-likeness (QED) is 0.581. The highest BCUT2D eigenvalue weighted by Gasteiger charge is 2.55. The molecule has 3 saturated heterocycles. The molecule has 36 heavy (non-hydrogen) atoms. The molecule has 0 spiro atoms. The second-order valence-electron chi connectivity index (χ2n) is 10.3. The highest BCUT2D eigenvalue weighted by atomic mass is 19.3. The van der Waals surface area contributed by atoms with Gasteiger partial charge in [0.05, 0.1) is 12.0 Å². The van der Waals surface area contributed by atoms with Gasteiger partial charge in [0.25, 0.3) is 5.91 Å². The molecule has 3 fully saturated rings. The Balaban J connectivity index is 1.44. The zero-order valence-electron chi connectivity index (χ0n) is 21.2. The summed E-state index contributed by atoms with van der Waals surface area (Å²) in [7, 11) is 0. The predicted octanol–water partition coefficient (Wildman–Crippen LogP) is 2.03. The van der Waals surface area contributed by atoms with Crippen molar-refractivity contribution in [3.8, 4) is 0 Å². The van der Waals surface area contributed by atoms with Gasteiger partial charge in [-0.3, -0.25) is 14.4 Å². The van der Waals surface area contributed by atoms with Crippen LogP contribution in [-0.2, 0) is 14.3 Å². The maximum Gasteiger partial charge on any atom is 0.251 e. The number of rotatable bonds is 8. The summed E-state index contributed by atoms with van der Waals surface area (Å²) in [6.07, 6.45) is -3.38. The second kappa shape index (κ2) is 11.2. The molecule has 4 atom stereocenters. The minimum absolute atomic E-state index is 0.0586. The molecular formula is C26H36F2N4O4. The molecule has 3 heterocycles. The Labute approximate surface area is 210 Å². The van der Waals surface area contributed by atoms with E-state index in [0.29, 0.717) is 12.0 Å². The fourth-order valence-electron chi connectivity index (χ4n) is 5.42. The van der Waals surface area contributed by atoms with Crippen molar-refractivity contribution in [2.75, 3.05) is 50.8 Å². The van der Waals surface area contributed by atoms with Crippen LogP contribution in [0, 0.1) is 11.8 Å². The van der Waals surface area contributed by atoms with Gasteiger partial charge in [-0.15, -0.1) is 0 Å². The smallest absolute Gasteiger partial charge is 0.251 e. The number of carbonyl (C=O) groups is 3. The number of nitrogens with one attached hydrogen (secondary N) is 1. The molecule has 1 N–H and O–H groups in total. The minimum atomic E-state index is -2.71. The van der Waals surface area contributed by atoms with Crippen LogP contribution < -0.4 is 10.2 Å². The van der Waals surface area contributed by atoms with Gasteiger partial charge >= 0.3 is 0 Å². The number of carbonyl (C=O) groups excluding carboxylic acids is 3. The van der Waals surface area contributed by atoms with Gasteiger partial charge in [0.1, 0.15) is 18.7 Å². The molecule has 8 nitrogen and oxygen atoms in total. The fourth-order valence-corrected chi connectivity index (χ4v) is 5.42. The summed E-state index contributed by atoms with van der Waals surface area (Å²) in [4.78, 5) is 44.8. The van der Waals surface area contributed by atoms with Crippen LogP contribution in [0.25, 0.3) is 0 Å². The summed E-state index contributed by atoms with van der Waals surface area (Å²) in [6.45, 7) is 10.3. The molecule has 3 aliphatic rings. The fraction of sp³-hybridized carbons (Fsp3) is 0.654. The first kappa shape index (κ1) is 26.5. The maximum atomic E-state index is 13.6. The number of hydrogen-bond acceptors (Lipinski definition) is 6. The van der Waals surface area contributed by atoms with Gasteiger partial charge in [-0.05, 0) is 43.1 Å². The molecule has 2 amide bonds. The molecule has 198 valence electrons. The zero-order valence-corrected chi connectivity index (χ0v) is 21.2. The summed E-state index contributed by atoms with van der Waals surface area (Å²) >= 11 is 0. The average Bonchev–Trinajstić information content (AvgIpc) is 3.44. The van der Waals surface area contributed by atoms with Crippen LogP contribution in [0.2, 0.25) is 0 Å². The SMILES string of the molecule is CCN1CCN(c2ccc(C(=O)N[C@@H](CC(C)C)C(=O)N3C[C@H](C(F)F)[C@H]4OCC(=O)[C@H]43)cc2)CC1. The van der Waals surface area contributed by atoms with Crippen molar-refractivity contribution >= 4 is 23.3 Å². The van der Waals surface area contributed by atoms with Crippen molar-refractivity contribution in [3.63, 3.8) is 0 Å². The number of likely N-dealkylation sites (tertiary alicyclic amines) is 1. The third-order valence-electron chi connectivity index (χ3n) is 7.46. The highest BCUT2D eigenvalue weighted by Crippen LogP contribution is 2.35. The molecule has 0 aromatic heterocycles. The standard InChI is InChI=1S/C26H36F2N4O4/c1-4-30-9-11-31(12-10-30)18-7-5-17(6-8-18)25(34)29-20(13-16(2)3)26(35)32-14-19(24(27)28)23-22(32)21(33)15-36-23/h5-8,16,19-20,22-24H,4,9-15H2,1-3H3,(H,29,34)/t19-,20-,22+,23+/m0/s1. The van der Waals surface area contributed by atoms with Gasteiger partial charge in [0.15, 0.2) is 5.78 Å². The van der Waals surface area contributed by atoms with E-state index in [4.69, 9.17) is 4.74 Å². The lowest BCUT2D eigenvalue weighted by Crippen LogP contribution is -2.52. The number of amides is 2. The van der Waals surface area contributed by atoms with Gasteiger partial charge in [-0.1, -0.05) is 20.8 Å². The van der Waals surface area contributed by atoms with E-state index in [1.54, 1.807) is 12.1 Å². The number of nitrogens with zero attached hydrogens (tertiary/aromatic N) is 3. The number of benzene rings is 1. The molecule has 0 saturated carbocycles. The largest absolute Gasteiger partial charge is 0.369 e. The van der Waals surface area contributed by atoms with Crippen molar-refractivity contribution in [3.05, 3.63) is 29.8 Å². The van der Waals surface area contributed by atoms with E-state index in [1.165, 1.54) is 4.90 Å². The third kappa shape index (κ3) is 5.54. The van der Waals surface area contributed by atoms with E-state index in [0.717, 1.165) is 38.4 Å². The van der Waals surface area contributed by atoms with Gasteiger partial charge in [0, 0.05) is 44.0 Å². The first-order valence-corrected chi connectivity index (χ1v) is 12.8. The van der Waals surface area contributed by atoms with Crippen molar-refractivity contribution in [1.82, 2.24) is 15.1 Å². The maximum absolute atomic E-state index is 13.6. The summed E-state index contributed by atoms with van der Waals surface area (Å²) in [5.74, 6) is -2.46. The van der Waals surface area contributed by atoms with E-state index in [9.17, 15) is 23.2 Å². The van der Waals surface area contributed by atoms with Gasteiger partial charge in [-0.25, -0.2) is 8.78 Å². The van der Waals surface area contributed by atoms with E-state index in [1.807, 2.05) is 26.0 Å². The van der Waals surface area contributed by atoms with Crippen LogP contribution in [0.5, 0.6) is 0 Å². The number of ketones is 1. The van der Waals surface area contributed by atoms with Crippen LogP contribution in [0.3, 0.4) is 0 Å². The number of hydrogen-bond donors (Lipinski definition) is 1. The molecular weight excluding hydrogens is 470 g/mol. The van der Waals surface area contributed by atoms with Gasteiger partial charge in [0.2, 0.25) is 12.3 Å². The highest BCUT2D eigenvalue weighted by molar-refractivity contribution is 5.99. The van der Waals surface area contributed by atoms with E-state index in [-0.39, 0.29) is 24.9 Å². The Hall–Kier alpha value is -2.59.